The van der Waals surface area contributed by atoms with E-state index in [2.05, 4.69) is 27.1 Å². The van der Waals surface area contributed by atoms with Gasteiger partial charge < -0.3 is 15.6 Å². The van der Waals surface area contributed by atoms with E-state index in [1.807, 2.05) is 36.7 Å². The summed E-state index contributed by atoms with van der Waals surface area (Å²) in [7, 11) is 2.05. The summed E-state index contributed by atoms with van der Waals surface area (Å²) in [6.45, 7) is 3.15. The average molecular weight is 398 g/mol. The number of carbonyl (C=O) groups excluding carboxylic acids is 2. The number of thiazole rings is 1. The smallest absolute Gasteiger partial charge is 0.265 e. The molecule has 4 N–H and O–H groups in total. The standard InChI is InChI=1S/C20H23N5O2S/c1-3-4-9-25(2)15-7-5-13(6-8-15)19(27)24-20-23-17(12-28-20)14-10-16(18(21)26)22-11-14/h5-8,10-12,22H,3-4,9H2,1-2H3,(H2,21,26)(H,23,24,27). The fraction of sp³-hybridized carbons (Fsp3) is 0.250. The second kappa shape index (κ2) is 8.71. The van der Waals surface area contributed by atoms with Crippen molar-refractivity contribution >= 4 is 34.0 Å². The quantitative estimate of drug-likeness (QED) is 0.539. The SMILES string of the molecule is CCCCN(C)c1ccc(C(=O)Nc2nc(-c3c[nH]c(C(N)=O)c3)cs2)cc1. The van der Waals surface area contributed by atoms with E-state index < -0.39 is 5.91 Å². The number of benzene rings is 1. The number of hydrogen-bond donors (Lipinski definition) is 3. The second-order valence-corrected chi connectivity index (χ2v) is 7.34. The molecule has 28 heavy (non-hydrogen) atoms. The van der Waals surface area contributed by atoms with Crippen molar-refractivity contribution in [3.63, 3.8) is 0 Å². The maximum absolute atomic E-state index is 12.5. The van der Waals surface area contributed by atoms with Crippen LogP contribution in [0.5, 0.6) is 0 Å². The normalized spacial score (nSPS) is 10.6. The van der Waals surface area contributed by atoms with Crippen LogP contribution in [0.2, 0.25) is 0 Å². The molecule has 2 heterocycles. The van der Waals surface area contributed by atoms with E-state index in [1.165, 1.54) is 11.3 Å². The van der Waals surface area contributed by atoms with Gasteiger partial charge in [-0.3, -0.25) is 14.9 Å². The molecule has 0 spiro atoms. The number of hydrogen-bond acceptors (Lipinski definition) is 5. The molecule has 0 fully saturated rings. The second-order valence-electron chi connectivity index (χ2n) is 6.48. The number of primary amides is 1. The minimum absolute atomic E-state index is 0.212. The van der Waals surface area contributed by atoms with E-state index in [1.54, 1.807) is 12.3 Å². The first-order valence-corrected chi connectivity index (χ1v) is 9.92. The number of H-pyrrole nitrogens is 1. The summed E-state index contributed by atoms with van der Waals surface area (Å²) in [6, 6.07) is 9.16. The summed E-state index contributed by atoms with van der Waals surface area (Å²) >= 11 is 1.32. The maximum Gasteiger partial charge on any atom is 0.265 e. The Morgan fingerprint density at radius 1 is 1.29 bits per heavy atom. The van der Waals surface area contributed by atoms with Gasteiger partial charge in [0.2, 0.25) is 0 Å². The van der Waals surface area contributed by atoms with Crippen molar-refractivity contribution in [3.05, 3.63) is 53.2 Å². The minimum Gasteiger partial charge on any atom is -0.375 e. The summed E-state index contributed by atoms with van der Waals surface area (Å²) in [4.78, 5) is 33.1. The molecule has 1 aromatic carbocycles. The molecule has 3 aromatic rings. The number of aromatic amines is 1. The lowest BCUT2D eigenvalue weighted by Gasteiger charge is -2.19. The number of nitrogens with two attached hydrogens (primary N) is 1. The van der Waals surface area contributed by atoms with Crippen LogP contribution in [0.3, 0.4) is 0 Å². The predicted molar refractivity (Wildman–Crippen MR) is 113 cm³/mol. The van der Waals surface area contributed by atoms with E-state index in [-0.39, 0.29) is 5.91 Å². The molecule has 0 aliphatic carbocycles. The van der Waals surface area contributed by atoms with Gasteiger partial charge >= 0.3 is 0 Å². The molecule has 0 saturated heterocycles. The molecule has 7 nitrogen and oxygen atoms in total. The summed E-state index contributed by atoms with van der Waals surface area (Å²) in [6.07, 6.45) is 3.94. The summed E-state index contributed by atoms with van der Waals surface area (Å²) in [5.74, 6) is -0.741. The molecule has 2 amide bonds. The lowest BCUT2D eigenvalue weighted by molar-refractivity contribution is 0.0994. The largest absolute Gasteiger partial charge is 0.375 e. The van der Waals surface area contributed by atoms with Gasteiger partial charge in [-0.15, -0.1) is 11.3 Å². The van der Waals surface area contributed by atoms with Gasteiger partial charge in [0.15, 0.2) is 5.13 Å². The van der Waals surface area contributed by atoms with Gasteiger partial charge in [-0.25, -0.2) is 4.98 Å². The van der Waals surface area contributed by atoms with Crippen LogP contribution >= 0.6 is 11.3 Å². The van der Waals surface area contributed by atoms with Crippen molar-refractivity contribution in [2.75, 3.05) is 23.8 Å². The molecule has 2 aromatic heterocycles. The Hall–Kier alpha value is -3.13. The Kier molecular flexibility index (Phi) is 6.10. The van der Waals surface area contributed by atoms with E-state index in [0.29, 0.717) is 22.1 Å². The highest BCUT2D eigenvalue weighted by molar-refractivity contribution is 7.14. The van der Waals surface area contributed by atoms with Crippen LogP contribution in [0.4, 0.5) is 10.8 Å². The van der Waals surface area contributed by atoms with Crippen molar-refractivity contribution < 1.29 is 9.59 Å². The Morgan fingerprint density at radius 2 is 2.04 bits per heavy atom. The lowest BCUT2D eigenvalue weighted by atomic mass is 10.2. The zero-order chi connectivity index (χ0) is 20.1. The number of aromatic nitrogens is 2. The third-order valence-corrected chi connectivity index (χ3v) is 5.14. The van der Waals surface area contributed by atoms with E-state index in [4.69, 9.17) is 5.73 Å². The van der Waals surface area contributed by atoms with Crippen LogP contribution in [-0.4, -0.2) is 35.4 Å². The van der Waals surface area contributed by atoms with E-state index >= 15 is 0 Å². The van der Waals surface area contributed by atoms with E-state index in [9.17, 15) is 9.59 Å². The first kappa shape index (κ1) is 19.6. The minimum atomic E-state index is -0.529. The maximum atomic E-state index is 12.5. The molecule has 0 bridgehead atoms. The van der Waals surface area contributed by atoms with Gasteiger partial charge in [-0.05, 0) is 36.8 Å². The van der Waals surface area contributed by atoms with Gasteiger partial charge in [-0.2, -0.15) is 0 Å². The highest BCUT2D eigenvalue weighted by atomic mass is 32.1. The molecule has 0 unspecified atom stereocenters. The number of amides is 2. The number of rotatable bonds is 8. The third-order valence-electron chi connectivity index (χ3n) is 4.39. The highest BCUT2D eigenvalue weighted by Gasteiger charge is 2.12. The van der Waals surface area contributed by atoms with Crippen LogP contribution in [0.25, 0.3) is 11.3 Å². The molecule has 0 atom stereocenters. The van der Waals surface area contributed by atoms with Crippen molar-refractivity contribution in [3.8, 4) is 11.3 Å². The number of nitrogens with one attached hydrogen (secondary N) is 2. The monoisotopic (exact) mass is 397 g/mol. The van der Waals surface area contributed by atoms with Crippen molar-refractivity contribution in [1.82, 2.24) is 9.97 Å². The summed E-state index contributed by atoms with van der Waals surface area (Å²) in [5, 5.41) is 5.12. The predicted octanol–water partition coefficient (Wildman–Crippen LogP) is 3.73. The van der Waals surface area contributed by atoms with Crippen LogP contribution in [0, 0.1) is 0 Å². The number of unbranched alkanes of at least 4 members (excludes halogenated alkanes) is 1. The summed E-state index contributed by atoms with van der Waals surface area (Å²) in [5.41, 5.74) is 8.62. The number of anilines is 2. The Balaban J connectivity index is 1.64. The van der Waals surface area contributed by atoms with Crippen LogP contribution in [0.15, 0.2) is 41.9 Å². The molecule has 146 valence electrons. The average Bonchev–Trinajstić information content (AvgIpc) is 3.35. The molecular weight excluding hydrogens is 374 g/mol. The van der Waals surface area contributed by atoms with Crippen molar-refractivity contribution in [2.45, 2.75) is 19.8 Å². The Labute approximate surface area is 167 Å². The molecule has 3 rings (SSSR count). The zero-order valence-electron chi connectivity index (χ0n) is 15.9. The first-order chi connectivity index (χ1) is 13.5. The summed E-state index contributed by atoms with van der Waals surface area (Å²) < 4.78 is 0. The molecule has 0 aliphatic heterocycles. The zero-order valence-corrected chi connectivity index (χ0v) is 16.7. The lowest BCUT2D eigenvalue weighted by Crippen LogP contribution is -2.18. The molecular formula is C20H23N5O2S. The van der Waals surface area contributed by atoms with Crippen molar-refractivity contribution in [1.29, 1.82) is 0 Å². The van der Waals surface area contributed by atoms with Crippen LogP contribution in [-0.2, 0) is 0 Å². The van der Waals surface area contributed by atoms with Crippen LogP contribution in [0.1, 0.15) is 40.6 Å². The first-order valence-electron chi connectivity index (χ1n) is 9.04. The van der Waals surface area contributed by atoms with Gasteiger partial charge in [0, 0.05) is 42.0 Å². The van der Waals surface area contributed by atoms with Crippen molar-refractivity contribution in [2.24, 2.45) is 5.73 Å². The fourth-order valence-corrected chi connectivity index (χ4v) is 3.42. The fourth-order valence-electron chi connectivity index (χ4n) is 2.71. The number of carbonyl (C=O) groups is 2. The molecule has 0 aliphatic rings. The Bertz CT molecular complexity index is 961. The number of nitrogens with zero attached hydrogens (tertiary/aromatic N) is 2. The van der Waals surface area contributed by atoms with Gasteiger partial charge in [0.25, 0.3) is 11.8 Å². The highest BCUT2D eigenvalue weighted by Crippen LogP contribution is 2.26. The molecule has 0 radical (unpaired) electrons. The van der Waals surface area contributed by atoms with E-state index in [0.717, 1.165) is 30.6 Å². The Morgan fingerprint density at radius 3 is 2.68 bits per heavy atom. The van der Waals surface area contributed by atoms with Gasteiger partial charge in [-0.1, -0.05) is 13.3 Å². The van der Waals surface area contributed by atoms with Gasteiger partial charge in [0.05, 0.1) is 5.69 Å². The van der Waals surface area contributed by atoms with Gasteiger partial charge in [0.1, 0.15) is 5.69 Å². The third kappa shape index (κ3) is 4.58. The van der Waals surface area contributed by atoms with Crippen LogP contribution < -0.4 is 16.0 Å². The molecule has 0 saturated carbocycles. The topological polar surface area (TPSA) is 104 Å². The molecule has 8 heteroatoms.